The van der Waals surface area contributed by atoms with Crippen LogP contribution in [0.5, 0.6) is 0 Å². The monoisotopic (exact) mass is 354 g/mol. The molecule has 0 aliphatic carbocycles. The summed E-state index contributed by atoms with van der Waals surface area (Å²) >= 11 is 0. The summed E-state index contributed by atoms with van der Waals surface area (Å²) in [6, 6.07) is 10.5. The van der Waals surface area contributed by atoms with Crippen LogP contribution in [-0.4, -0.2) is 15.0 Å². The number of nitrogens with one attached hydrogen (secondary N) is 1. The highest BCUT2D eigenvalue weighted by molar-refractivity contribution is 6.03. The summed E-state index contributed by atoms with van der Waals surface area (Å²) in [6.45, 7) is 0. The van der Waals surface area contributed by atoms with Crippen molar-refractivity contribution < 1.29 is 9.21 Å². The maximum Gasteiger partial charge on any atom is 0.337 e. The van der Waals surface area contributed by atoms with Crippen molar-refractivity contribution in [2.24, 2.45) is 7.05 Å². The summed E-state index contributed by atoms with van der Waals surface area (Å²) < 4.78 is 6.88. The van der Waals surface area contributed by atoms with Gasteiger partial charge < -0.3 is 15.5 Å². The molecule has 2 aromatic heterocycles. The third-order valence-electron chi connectivity index (χ3n) is 3.67. The number of carbonyl (C=O) groups is 1. The molecule has 3 aromatic rings. The molecule has 3 rings (SSSR count). The zero-order valence-electron chi connectivity index (χ0n) is 13.6. The highest BCUT2D eigenvalue weighted by Gasteiger charge is 2.20. The number of carbonyl (C=O) groups excluding carboxylic acids is 1. The molecule has 1 aromatic carbocycles. The number of benzene rings is 1. The van der Waals surface area contributed by atoms with Crippen LogP contribution in [-0.2, 0) is 7.05 Å². The highest BCUT2D eigenvalue weighted by Crippen LogP contribution is 2.16. The lowest BCUT2D eigenvalue weighted by molar-refractivity contribution is 0.0994. The summed E-state index contributed by atoms with van der Waals surface area (Å²) in [5.74, 6) is -1.38. The van der Waals surface area contributed by atoms with Crippen LogP contribution in [0.15, 0.2) is 67.5 Å². The van der Waals surface area contributed by atoms with Crippen molar-refractivity contribution in [3.63, 3.8) is 0 Å². The number of nitrogens with zero attached hydrogens (tertiary/aromatic N) is 2. The van der Waals surface area contributed by atoms with Gasteiger partial charge in [-0.1, -0.05) is 18.2 Å². The van der Waals surface area contributed by atoms with Crippen molar-refractivity contribution in [3.05, 3.63) is 85.5 Å². The van der Waals surface area contributed by atoms with Gasteiger partial charge in [-0.3, -0.25) is 19.0 Å². The van der Waals surface area contributed by atoms with E-state index in [4.69, 9.17) is 10.2 Å². The molecule has 2 heterocycles. The Bertz CT molecular complexity index is 1160. The SMILES string of the molecule is Cn1c(=O)c(NC(=O)c2cc(=O)cco2)c(N)n(-c2ccccc2)c1=O. The number of amides is 1. The van der Waals surface area contributed by atoms with Gasteiger partial charge in [-0.2, -0.15) is 0 Å². The van der Waals surface area contributed by atoms with Crippen LogP contribution in [0.1, 0.15) is 10.6 Å². The molecule has 132 valence electrons. The van der Waals surface area contributed by atoms with Gasteiger partial charge in [0.2, 0.25) is 0 Å². The smallest absolute Gasteiger partial charge is 0.337 e. The Labute approximate surface area is 145 Å². The van der Waals surface area contributed by atoms with Gasteiger partial charge >= 0.3 is 5.69 Å². The first-order chi connectivity index (χ1) is 12.4. The molecule has 0 atom stereocenters. The first kappa shape index (κ1) is 17.0. The molecule has 0 spiro atoms. The van der Waals surface area contributed by atoms with Crippen LogP contribution in [0.2, 0.25) is 0 Å². The van der Waals surface area contributed by atoms with Crippen molar-refractivity contribution in [3.8, 4) is 5.69 Å². The molecule has 0 aliphatic rings. The first-order valence-corrected chi connectivity index (χ1v) is 7.47. The second kappa shape index (κ2) is 6.55. The average Bonchev–Trinajstić information content (AvgIpc) is 2.64. The largest absolute Gasteiger partial charge is 0.459 e. The molecule has 0 radical (unpaired) electrons. The Morgan fingerprint density at radius 3 is 2.46 bits per heavy atom. The maximum absolute atomic E-state index is 12.4. The normalized spacial score (nSPS) is 10.5. The lowest BCUT2D eigenvalue weighted by Crippen LogP contribution is -2.40. The molecular formula is C17H14N4O5. The van der Waals surface area contributed by atoms with Crippen LogP contribution >= 0.6 is 0 Å². The molecule has 0 unspecified atom stereocenters. The second-order valence-corrected chi connectivity index (χ2v) is 5.36. The zero-order chi connectivity index (χ0) is 18.8. The van der Waals surface area contributed by atoms with E-state index in [1.54, 1.807) is 30.3 Å². The Balaban J connectivity index is 2.15. The lowest BCUT2D eigenvalue weighted by atomic mass is 10.3. The van der Waals surface area contributed by atoms with E-state index in [0.29, 0.717) is 5.69 Å². The second-order valence-electron chi connectivity index (χ2n) is 5.36. The Hall–Kier alpha value is -3.88. The van der Waals surface area contributed by atoms with Gasteiger partial charge in [-0.25, -0.2) is 9.36 Å². The number of aromatic nitrogens is 2. The van der Waals surface area contributed by atoms with Crippen LogP contribution < -0.4 is 27.7 Å². The molecule has 9 nitrogen and oxygen atoms in total. The van der Waals surface area contributed by atoms with Crippen molar-refractivity contribution in [1.82, 2.24) is 9.13 Å². The minimum absolute atomic E-state index is 0.240. The van der Waals surface area contributed by atoms with Crippen LogP contribution in [0.3, 0.4) is 0 Å². The van der Waals surface area contributed by atoms with Crippen molar-refractivity contribution >= 4 is 17.4 Å². The van der Waals surface area contributed by atoms with E-state index in [9.17, 15) is 19.2 Å². The summed E-state index contributed by atoms with van der Waals surface area (Å²) in [5.41, 5.74) is 4.23. The van der Waals surface area contributed by atoms with E-state index in [1.165, 1.54) is 7.05 Å². The van der Waals surface area contributed by atoms with Crippen molar-refractivity contribution in [2.75, 3.05) is 11.1 Å². The fourth-order valence-corrected chi connectivity index (χ4v) is 2.35. The Kier molecular flexibility index (Phi) is 4.27. The van der Waals surface area contributed by atoms with E-state index in [0.717, 1.165) is 27.5 Å². The molecule has 26 heavy (non-hydrogen) atoms. The predicted octanol–water partition coefficient (Wildman–Crippen LogP) is 0.324. The molecular weight excluding hydrogens is 340 g/mol. The van der Waals surface area contributed by atoms with E-state index in [1.807, 2.05) is 0 Å². The number of anilines is 2. The van der Waals surface area contributed by atoms with Crippen LogP contribution in [0.25, 0.3) is 5.69 Å². The van der Waals surface area contributed by atoms with E-state index < -0.39 is 22.6 Å². The zero-order valence-corrected chi connectivity index (χ0v) is 13.6. The number of para-hydroxylation sites is 1. The minimum atomic E-state index is -0.843. The molecule has 0 saturated heterocycles. The number of rotatable bonds is 3. The standard InChI is InChI=1S/C17H14N4O5/c1-20-16(24)13(19-15(23)12-9-11(22)7-8-26-12)14(18)21(17(20)25)10-5-3-2-4-6-10/h2-9H,18H2,1H3,(H,19,23). The molecule has 0 aliphatic heterocycles. The fraction of sp³-hybridized carbons (Fsp3) is 0.0588. The summed E-state index contributed by atoms with van der Waals surface area (Å²) in [5, 5.41) is 2.31. The predicted molar refractivity (Wildman–Crippen MR) is 94.6 cm³/mol. The van der Waals surface area contributed by atoms with Crippen LogP contribution in [0.4, 0.5) is 11.5 Å². The lowest BCUT2D eigenvalue weighted by Gasteiger charge is -2.15. The molecule has 1 amide bonds. The van der Waals surface area contributed by atoms with E-state index in [2.05, 4.69) is 5.32 Å². The number of nitrogen functional groups attached to an aromatic ring is 1. The van der Waals surface area contributed by atoms with Crippen molar-refractivity contribution in [2.45, 2.75) is 0 Å². The molecule has 0 fully saturated rings. The molecule has 0 saturated carbocycles. The van der Waals surface area contributed by atoms with E-state index in [-0.39, 0.29) is 17.3 Å². The van der Waals surface area contributed by atoms with Gasteiger partial charge in [0, 0.05) is 19.2 Å². The van der Waals surface area contributed by atoms with Gasteiger partial charge in [0.15, 0.2) is 11.2 Å². The van der Waals surface area contributed by atoms with Gasteiger partial charge in [-0.15, -0.1) is 0 Å². The molecule has 3 N–H and O–H groups in total. The molecule has 0 bridgehead atoms. The number of nitrogens with two attached hydrogens (primary N) is 1. The van der Waals surface area contributed by atoms with Gasteiger partial charge in [0.05, 0.1) is 12.0 Å². The van der Waals surface area contributed by atoms with E-state index >= 15 is 0 Å². The van der Waals surface area contributed by atoms with Gasteiger partial charge in [-0.05, 0) is 12.1 Å². The summed E-state index contributed by atoms with van der Waals surface area (Å²) in [6.07, 6.45) is 1.06. The summed E-state index contributed by atoms with van der Waals surface area (Å²) in [7, 11) is 1.27. The average molecular weight is 354 g/mol. The number of hydrogen-bond acceptors (Lipinski definition) is 6. The first-order valence-electron chi connectivity index (χ1n) is 7.47. The van der Waals surface area contributed by atoms with Crippen molar-refractivity contribution in [1.29, 1.82) is 0 Å². The maximum atomic E-state index is 12.4. The van der Waals surface area contributed by atoms with Gasteiger partial charge in [0.25, 0.3) is 11.5 Å². The third-order valence-corrected chi connectivity index (χ3v) is 3.67. The summed E-state index contributed by atoms with van der Waals surface area (Å²) in [4.78, 5) is 48.5. The quantitative estimate of drug-likeness (QED) is 0.697. The minimum Gasteiger partial charge on any atom is -0.459 e. The molecule has 9 heteroatoms. The highest BCUT2D eigenvalue weighted by atomic mass is 16.3. The topological polar surface area (TPSA) is 129 Å². The Morgan fingerprint density at radius 2 is 1.81 bits per heavy atom. The van der Waals surface area contributed by atoms with Gasteiger partial charge in [0.1, 0.15) is 11.5 Å². The van der Waals surface area contributed by atoms with Crippen LogP contribution in [0, 0.1) is 0 Å². The Morgan fingerprint density at radius 1 is 1.12 bits per heavy atom. The number of hydrogen-bond donors (Lipinski definition) is 2. The fourth-order valence-electron chi connectivity index (χ4n) is 2.35. The third kappa shape index (κ3) is 2.93.